The zero-order valence-corrected chi connectivity index (χ0v) is 36.1. The van der Waals surface area contributed by atoms with Crippen LogP contribution in [0.4, 0.5) is 9.59 Å². The van der Waals surface area contributed by atoms with E-state index in [1.807, 2.05) is 41.5 Å². The van der Waals surface area contributed by atoms with Gasteiger partial charge in [0.1, 0.15) is 17.3 Å². The Morgan fingerprint density at radius 2 is 1.02 bits per heavy atom. The lowest BCUT2D eigenvalue weighted by atomic mass is 9.95. The molecule has 2 saturated heterocycles. The van der Waals surface area contributed by atoms with Crippen molar-refractivity contribution in [3.8, 4) is 0 Å². The van der Waals surface area contributed by atoms with E-state index in [0.29, 0.717) is 52.2 Å². The second kappa shape index (κ2) is 18.4. The third-order valence-corrected chi connectivity index (χ3v) is 18.9. The Kier molecular flexibility index (Phi) is 17.8. The van der Waals surface area contributed by atoms with Gasteiger partial charge < -0.3 is 38.0 Å². The third kappa shape index (κ3) is 16.3. The van der Waals surface area contributed by atoms with E-state index >= 15 is 0 Å². The molecule has 0 aromatic rings. The maximum absolute atomic E-state index is 12.4. The molecule has 296 valence electrons. The van der Waals surface area contributed by atoms with Crippen LogP contribution in [0.1, 0.15) is 110 Å². The van der Waals surface area contributed by atoms with Crippen molar-refractivity contribution in [1.82, 2.24) is 9.80 Å². The molecule has 4 unspecified atom stereocenters. The molecule has 2 aliphatic heterocycles. The van der Waals surface area contributed by atoms with Crippen molar-refractivity contribution in [2.45, 2.75) is 170 Å². The molecule has 0 spiro atoms. The number of aliphatic hydroxyl groups excluding tert-OH is 1. The Morgan fingerprint density at radius 3 is 1.38 bits per heavy atom. The smallest absolute Gasteiger partial charge is 0.410 e. The largest absolute Gasteiger partial charge is 0.462 e. The van der Waals surface area contributed by atoms with Gasteiger partial charge in [-0.3, -0.25) is 4.79 Å². The second-order valence-corrected chi connectivity index (χ2v) is 28.4. The molecule has 0 aromatic heterocycles. The normalized spacial score (nSPS) is 22.4. The highest BCUT2D eigenvalue weighted by atomic mass is 28.4. The van der Waals surface area contributed by atoms with E-state index in [2.05, 4.69) is 67.7 Å². The fourth-order valence-corrected chi connectivity index (χ4v) is 6.90. The highest BCUT2D eigenvalue weighted by Gasteiger charge is 2.42. The van der Waals surface area contributed by atoms with Crippen LogP contribution in [0.2, 0.25) is 36.3 Å². The first-order chi connectivity index (χ1) is 21.8. The summed E-state index contributed by atoms with van der Waals surface area (Å²) in [4.78, 5) is 39.5. The van der Waals surface area contributed by atoms with Gasteiger partial charge in [-0.2, -0.15) is 0 Å². The van der Waals surface area contributed by atoms with Crippen molar-refractivity contribution in [3.05, 3.63) is 0 Å². The predicted octanol–water partition coefficient (Wildman–Crippen LogP) is 8.46. The summed E-state index contributed by atoms with van der Waals surface area (Å²) in [5.41, 5.74) is -1.03. The lowest BCUT2D eigenvalue weighted by Crippen LogP contribution is -2.51. The van der Waals surface area contributed by atoms with E-state index in [1.54, 1.807) is 9.80 Å². The lowest BCUT2D eigenvalue weighted by Gasteiger charge is -2.41. The number of rotatable bonds is 7. The first-order valence-corrected chi connectivity index (χ1v) is 23.8. The maximum Gasteiger partial charge on any atom is 0.410 e. The number of aliphatic hydroxyl groups is 1. The van der Waals surface area contributed by atoms with Gasteiger partial charge in [0.25, 0.3) is 0 Å². The minimum Gasteiger partial charge on any atom is -0.462 e. The van der Waals surface area contributed by atoms with Crippen molar-refractivity contribution in [3.63, 3.8) is 0 Å². The zero-order valence-electron chi connectivity index (χ0n) is 34.1. The van der Waals surface area contributed by atoms with Gasteiger partial charge in [-0.05, 0) is 84.2 Å². The summed E-state index contributed by atoms with van der Waals surface area (Å²) in [5.74, 6) is -0.391. The molecule has 0 radical (unpaired) electrons. The average molecular weight is 749 g/mol. The first kappa shape index (κ1) is 48.3. The SMILES string of the molecule is C.CC(=O)OC1CCN(C(=O)OC(C)(C)C)CC1CO[Si](C)(C)C(C)(C)C.CC(C)(C)OC(=O)N1CCC(O)C(CO[Si](C)(C)C(C)(C)C)C1. The monoisotopic (exact) mass is 749 g/mol. The highest BCUT2D eigenvalue weighted by Crippen LogP contribution is 2.38. The summed E-state index contributed by atoms with van der Waals surface area (Å²) in [7, 11) is -3.77. The Hall–Kier alpha value is -1.68. The lowest BCUT2D eigenvalue weighted by molar-refractivity contribution is -0.152. The number of carbonyl (C=O) groups is 3. The molecule has 0 bridgehead atoms. The molecule has 0 aliphatic carbocycles. The van der Waals surface area contributed by atoms with Gasteiger partial charge in [-0.25, -0.2) is 9.59 Å². The van der Waals surface area contributed by atoms with Gasteiger partial charge in [0.05, 0.1) is 6.10 Å². The number of likely N-dealkylation sites (tertiary alicyclic amines) is 2. The minimum absolute atomic E-state index is 0. The number of hydrogen-bond acceptors (Lipinski definition) is 9. The number of hydrogen-bond donors (Lipinski definition) is 1. The van der Waals surface area contributed by atoms with Gasteiger partial charge in [0.15, 0.2) is 16.6 Å². The molecule has 2 amide bonds. The van der Waals surface area contributed by atoms with E-state index in [-0.39, 0.29) is 53.6 Å². The molecular weight excluding hydrogens is 673 g/mol. The molecular formula is C37H76N2O9Si2. The fourth-order valence-electron chi connectivity index (χ4n) is 4.77. The number of esters is 1. The number of nitrogens with zero attached hydrogens (tertiary/aromatic N) is 2. The van der Waals surface area contributed by atoms with Crippen LogP contribution in [-0.2, 0) is 27.9 Å². The zero-order chi connectivity index (χ0) is 38.4. The molecule has 2 fully saturated rings. The van der Waals surface area contributed by atoms with Gasteiger partial charge in [-0.1, -0.05) is 49.0 Å². The standard InChI is InChI=1S/C19H37NO5Si.C17H35NO4Si.CH4/c1-14(21)24-16-10-11-20(17(22)25-18(2,3)4)12-15(16)13-23-26(8,9)19(5,6)7;1-16(2,3)22-15(20)18-10-9-14(19)13(11-18)12-21-23(7,8)17(4,5)6;/h15-16H,10-13H2,1-9H3;13-14,19H,9-12H2,1-8H3;1H4. The van der Waals surface area contributed by atoms with Crippen molar-refractivity contribution in [2.75, 3.05) is 39.4 Å². The van der Waals surface area contributed by atoms with Crippen LogP contribution in [0.25, 0.3) is 0 Å². The molecule has 1 N–H and O–H groups in total. The molecule has 2 rings (SSSR count). The molecule has 2 aliphatic rings. The Bertz CT molecular complexity index is 1090. The van der Waals surface area contributed by atoms with Crippen LogP contribution in [0.15, 0.2) is 0 Å². The van der Waals surface area contributed by atoms with Crippen LogP contribution < -0.4 is 0 Å². The van der Waals surface area contributed by atoms with Crippen LogP contribution in [0.5, 0.6) is 0 Å². The van der Waals surface area contributed by atoms with Crippen molar-refractivity contribution >= 4 is 34.8 Å². The van der Waals surface area contributed by atoms with Crippen LogP contribution in [-0.4, -0.2) is 112 Å². The summed E-state index contributed by atoms with van der Waals surface area (Å²) < 4.78 is 29.0. The van der Waals surface area contributed by atoms with E-state index in [4.69, 9.17) is 23.1 Å². The number of ether oxygens (including phenoxy) is 3. The number of amides is 2. The predicted molar refractivity (Wildman–Crippen MR) is 206 cm³/mol. The summed E-state index contributed by atoms with van der Waals surface area (Å²) in [6.45, 7) is 37.5. The van der Waals surface area contributed by atoms with Gasteiger partial charge in [0.2, 0.25) is 0 Å². The molecule has 4 atom stereocenters. The van der Waals surface area contributed by atoms with Crippen molar-refractivity contribution in [2.24, 2.45) is 11.8 Å². The molecule has 2 heterocycles. The van der Waals surface area contributed by atoms with Gasteiger partial charge in [-0.15, -0.1) is 0 Å². The Balaban J connectivity index is 0.000000948. The van der Waals surface area contributed by atoms with Gasteiger partial charge in [0, 0.05) is 64.6 Å². The highest BCUT2D eigenvalue weighted by molar-refractivity contribution is 6.74. The quantitative estimate of drug-likeness (QED) is 0.155. The molecule has 0 saturated carbocycles. The first-order valence-electron chi connectivity index (χ1n) is 17.9. The summed E-state index contributed by atoms with van der Waals surface area (Å²) in [5, 5.41) is 10.5. The Labute approximate surface area is 307 Å². The average Bonchev–Trinajstić information content (AvgIpc) is 2.89. The number of carbonyl (C=O) groups excluding carboxylic acids is 3. The van der Waals surface area contributed by atoms with E-state index in [0.717, 1.165) is 0 Å². The van der Waals surface area contributed by atoms with Crippen LogP contribution in [0, 0.1) is 11.8 Å². The van der Waals surface area contributed by atoms with Crippen LogP contribution in [0.3, 0.4) is 0 Å². The minimum atomic E-state index is -1.92. The maximum atomic E-state index is 12.4. The van der Waals surface area contributed by atoms with E-state index in [9.17, 15) is 19.5 Å². The van der Waals surface area contributed by atoms with Crippen molar-refractivity contribution in [1.29, 1.82) is 0 Å². The van der Waals surface area contributed by atoms with E-state index in [1.165, 1.54) is 6.92 Å². The Morgan fingerprint density at radius 1 is 0.660 bits per heavy atom. The summed E-state index contributed by atoms with van der Waals surface area (Å²) in [6.07, 6.45) is -0.0954. The molecule has 13 heteroatoms. The van der Waals surface area contributed by atoms with Gasteiger partial charge >= 0.3 is 18.2 Å². The van der Waals surface area contributed by atoms with Crippen LogP contribution >= 0.6 is 0 Å². The third-order valence-electron chi connectivity index (χ3n) is 9.91. The fraction of sp³-hybridized carbons (Fsp3) is 0.919. The summed E-state index contributed by atoms with van der Waals surface area (Å²) in [6, 6.07) is 0. The number of piperidine rings is 2. The molecule has 0 aromatic carbocycles. The van der Waals surface area contributed by atoms with E-state index < -0.39 is 33.9 Å². The topological polar surface area (TPSA) is 124 Å². The molecule has 50 heavy (non-hydrogen) atoms. The second-order valence-electron chi connectivity index (χ2n) is 18.8. The summed E-state index contributed by atoms with van der Waals surface area (Å²) >= 11 is 0. The molecule has 11 nitrogen and oxygen atoms in total. The van der Waals surface area contributed by atoms with Crippen molar-refractivity contribution < 1.29 is 42.6 Å².